The standard InChI is InChI=1S/C53H65N3O3S3/c1-8-37-13-19-43-44-20-18-42(49(59)52(6,7)56-25-31-62-32-26-56)34-46(44)53(45(43)33-37,35-38-9-14-40(15-10-38)47(57)50(2,3)54-21-27-60-28-22-54)36-39-11-16-41(17-12-39)48(58)51(4,5)55-23-29-61-30-24-55/h9-20,33-34H,8,21-32,35-36H2,1-7H3. The lowest BCUT2D eigenvalue weighted by molar-refractivity contribution is 0.0664. The lowest BCUT2D eigenvalue weighted by Gasteiger charge is -2.40. The van der Waals surface area contributed by atoms with Crippen molar-refractivity contribution in [1.82, 2.24) is 14.7 Å². The zero-order chi connectivity index (χ0) is 43.9. The molecule has 0 bridgehead atoms. The van der Waals surface area contributed by atoms with Crippen molar-refractivity contribution >= 4 is 52.6 Å². The molecule has 4 aromatic rings. The van der Waals surface area contributed by atoms with E-state index in [1.165, 1.54) is 27.8 Å². The average molecular weight is 888 g/mol. The maximum absolute atomic E-state index is 14.7. The fourth-order valence-corrected chi connectivity index (χ4v) is 13.2. The Kier molecular flexibility index (Phi) is 13.4. The van der Waals surface area contributed by atoms with Crippen LogP contribution in [-0.2, 0) is 24.7 Å². The molecule has 8 rings (SSSR count). The van der Waals surface area contributed by atoms with Crippen molar-refractivity contribution in [1.29, 1.82) is 0 Å². The number of ketones is 3. The summed E-state index contributed by atoms with van der Waals surface area (Å²) >= 11 is 5.87. The van der Waals surface area contributed by atoms with Gasteiger partial charge < -0.3 is 0 Å². The van der Waals surface area contributed by atoms with Crippen LogP contribution in [0.1, 0.15) is 107 Å². The Morgan fingerprint density at radius 2 is 0.790 bits per heavy atom. The van der Waals surface area contributed by atoms with E-state index in [2.05, 4.69) is 124 Å². The fourth-order valence-electron chi connectivity index (χ4n) is 10.4. The van der Waals surface area contributed by atoms with Crippen molar-refractivity contribution < 1.29 is 14.4 Å². The third kappa shape index (κ3) is 8.68. The quantitative estimate of drug-likeness (QED) is 0.115. The first-order chi connectivity index (χ1) is 29.7. The molecule has 3 heterocycles. The molecule has 0 spiro atoms. The zero-order valence-electron chi connectivity index (χ0n) is 38.0. The Bertz CT molecular complexity index is 2200. The molecule has 0 amide bonds. The van der Waals surface area contributed by atoms with Gasteiger partial charge in [-0.1, -0.05) is 85.8 Å². The van der Waals surface area contributed by atoms with E-state index in [-0.39, 0.29) is 17.3 Å². The minimum atomic E-state index is -0.634. The van der Waals surface area contributed by atoms with Gasteiger partial charge >= 0.3 is 0 Å². The second kappa shape index (κ2) is 18.4. The fraction of sp³-hybridized carbons (Fsp3) is 0.491. The summed E-state index contributed by atoms with van der Waals surface area (Å²) in [6, 6.07) is 30.2. The molecule has 3 fully saturated rings. The van der Waals surface area contributed by atoms with Gasteiger partial charge in [-0.2, -0.15) is 35.3 Å². The number of benzene rings is 4. The largest absolute Gasteiger partial charge is 0.292 e. The highest BCUT2D eigenvalue weighted by Gasteiger charge is 2.46. The molecule has 3 aliphatic heterocycles. The van der Waals surface area contributed by atoms with Gasteiger partial charge in [0.05, 0.1) is 16.6 Å². The zero-order valence-corrected chi connectivity index (χ0v) is 40.4. The molecule has 0 aromatic heterocycles. The molecule has 9 heteroatoms. The lowest BCUT2D eigenvalue weighted by Crippen LogP contribution is -2.53. The number of nitrogens with zero attached hydrogens (tertiary/aromatic N) is 3. The molecule has 0 unspecified atom stereocenters. The van der Waals surface area contributed by atoms with Gasteiger partial charge in [-0.25, -0.2) is 0 Å². The van der Waals surface area contributed by atoms with E-state index in [0.717, 1.165) is 108 Å². The Hall–Kier alpha value is -3.18. The first kappa shape index (κ1) is 45.4. The van der Waals surface area contributed by atoms with Crippen LogP contribution in [0.15, 0.2) is 84.9 Å². The molecule has 0 radical (unpaired) electrons. The van der Waals surface area contributed by atoms with Crippen molar-refractivity contribution in [2.45, 2.75) is 89.8 Å². The number of aryl methyl sites for hydroxylation is 1. The van der Waals surface area contributed by atoms with Gasteiger partial charge in [-0.3, -0.25) is 29.1 Å². The SMILES string of the molecule is CCc1ccc2c(c1)C(Cc1ccc(C(=O)C(C)(C)N3CCSCC3)cc1)(Cc1ccc(C(=O)C(C)(C)N3CCSCC3)cc1)c1cc(C(=O)C(C)(C)N3CCSCC3)ccc1-2. The summed E-state index contributed by atoms with van der Waals surface area (Å²) in [4.78, 5) is 50.0. The van der Waals surface area contributed by atoms with Crippen LogP contribution in [0.2, 0.25) is 0 Å². The van der Waals surface area contributed by atoms with E-state index in [9.17, 15) is 14.4 Å². The van der Waals surface area contributed by atoms with Gasteiger partial charge in [0.2, 0.25) is 0 Å². The van der Waals surface area contributed by atoms with E-state index in [1.54, 1.807) is 0 Å². The Labute approximate surface area is 383 Å². The normalized spacial score (nSPS) is 18.9. The van der Waals surface area contributed by atoms with Crippen molar-refractivity contribution in [3.8, 4) is 11.1 Å². The van der Waals surface area contributed by atoms with Gasteiger partial charge in [0.25, 0.3) is 0 Å². The van der Waals surface area contributed by atoms with Crippen LogP contribution in [-0.4, -0.2) is 122 Å². The van der Waals surface area contributed by atoms with Crippen LogP contribution in [0.3, 0.4) is 0 Å². The smallest absolute Gasteiger partial charge is 0.182 e. The molecule has 4 aliphatic rings. The highest BCUT2D eigenvalue weighted by atomic mass is 32.2. The van der Waals surface area contributed by atoms with Crippen molar-refractivity contribution in [2.75, 3.05) is 73.8 Å². The summed E-state index contributed by atoms with van der Waals surface area (Å²) in [5.41, 5.74) is 8.31. The van der Waals surface area contributed by atoms with Gasteiger partial charge in [-0.15, -0.1) is 0 Å². The van der Waals surface area contributed by atoms with Crippen LogP contribution in [0.4, 0.5) is 0 Å². The number of Topliss-reactive ketones (excluding diaryl/α,β-unsaturated/α-hetero) is 3. The second-order valence-electron chi connectivity index (χ2n) is 19.3. The molecule has 4 aromatic carbocycles. The third-order valence-corrected chi connectivity index (χ3v) is 17.4. The maximum Gasteiger partial charge on any atom is 0.182 e. The monoisotopic (exact) mass is 887 g/mol. The Morgan fingerprint density at radius 1 is 0.468 bits per heavy atom. The number of carbonyl (C=O) groups excluding carboxylic acids is 3. The van der Waals surface area contributed by atoms with Crippen molar-refractivity contribution in [3.63, 3.8) is 0 Å². The van der Waals surface area contributed by atoms with E-state index < -0.39 is 22.0 Å². The minimum Gasteiger partial charge on any atom is -0.292 e. The lowest BCUT2D eigenvalue weighted by atomic mass is 9.68. The number of thioether (sulfide) groups is 3. The summed E-state index contributed by atoms with van der Waals surface area (Å²) in [6.45, 7) is 20.2. The third-order valence-electron chi connectivity index (χ3n) is 14.6. The molecule has 328 valence electrons. The first-order valence-electron chi connectivity index (χ1n) is 22.8. The van der Waals surface area contributed by atoms with E-state index >= 15 is 0 Å². The van der Waals surface area contributed by atoms with Gasteiger partial charge in [0.15, 0.2) is 17.3 Å². The average Bonchev–Trinajstić information content (AvgIpc) is 3.56. The van der Waals surface area contributed by atoms with E-state index in [0.29, 0.717) is 12.8 Å². The second-order valence-corrected chi connectivity index (χ2v) is 23.0. The molecule has 0 saturated carbocycles. The highest BCUT2D eigenvalue weighted by Crippen LogP contribution is 2.53. The van der Waals surface area contributed by atoms with E-state index in [1.807, 2.05) is 59.6 Å². The van der Waals surface area contributed by atoms with Gasteiger partial charge in [0.1, 0.15) is 0 Å². The Balaban J connectivity index is 1.20. The van der Waals surface area contributed by atoms with Crippen LogP contribution >= 0.6 is 35.3 Å². The predicted octanol–water partition coefficient (Wildman–Crippen LogP) is 10.0. The summed E-state index contributed by atoms with van der Waals surface area (Å²) in [5, 5.41) is 0. The summed E-state index contributed by atoms with van der Waals surface area (Å²) in [5.74, 6) is 6.76. The summed E-state index contributed by atoms with van der Waals surface area (Å²) in [6.07, 6.45) is 2.29. The summed E-state index contributed by atoms with van der Waals surface area (Å²) < 4.78 is 0. The van der Waals surface area contributed by atoms with E-state index in [4.69, 9.17) is 0 Å². The molecule has 3 saturated heterocycles. The molecular formula is C53H65N3O3S3. The molecule has 0 atom stereocenters. The molecule has 6 nitrogen and oxygen atoms in total. The number of fused-ring (bicyclic) bond motifs is 3. The van der Waals surface area contributed by atoms with Crippen LogP contribution in [0.5, 0.6) is 0 Å². The Morgan fingerprint density at radius 3 is 1.18 bits per heavy atom. The van der Waals surface area contributed by atoms with Gasteiger partial charge in [0, 0.05) is 95.9 Å². The number of hydrogen-bond donors (Lipinski definition) is 0. The summed E-state index contributed by atoms with van der Waals surface area (Å²) in [7, 11) is 0. The molecule has 0 N–H and O–H groups in total. The molecule has 62 heavy (non-hydrogen) atoms. The van der Waals surface area contributed by atoms with Crippen LogP contribution < -0.4 is 0 Å². The topological polar surface area (TPSA) is 60.9 Å². The van der Waals surface area contributed by atoms with Crippen molar-refractivity contribution in [2.24, 2.45) is 0 Å². The molecular weight excluding hydrogens is 823 g/mol. The molecule has 1 aliphatic carbocycles. The maximum atomic E-state index is 14.7. The van der Waals surface area contributed by atoms with Gasteiger partial charge in [-0.05, 0) is 106 Å². The first-order valence-corrected chi connectivity index (χ1v) is 26.2. The van der Waals surface area contributed by atoms with Crippen LogP contribution in [0, 0.1) is 0 Å². The number of hydrogen-bond acceptors (Lipinski definition) is 9. The number of carbonyl (C=O) groups is 3. The highest BCUT2D eigenvalue weighted by molar-refractivity contribution is 7.99. The minimum absolute atomic E-state index is 0.155. The number of rotatable bonds is 14. The van der Waals surface area contributed by atoms with Crippen LogP contribution in [0.25, 0.3) is 11.1 Å². The van der Waals surface area contributed by atoms with Crippen molar-refractivity contribution in [3.05, 3.63) is 129 Å². The predicted molar refractivity (Wildman–Crippen MR) is 264 cm³/mol.